The number of ether oxygens (including phenoxy) is 1. The molecule has 0 unspecified atom stereocenters. The molecular formula is C16H21N3O2S. The lowest BCUT2D eigenvalue weighted by molar-refractivity contribution is -0.117. The third kappa shape index (κ3) is 4.82. The molecule has 1 aromatic carbocycles. The van der Waals surface area contributed by atoms with Crippen LogP contribution in [-0.2, 0) is 11.3 Å². The van der Waals surface area contributed by atoms with Crippen LogP contribution < -0.4 is 10.1 Å². The molecule has 1 N–H and O–H groups in total. The van der Waals surface area contributed by atoms with Crippen molar-refractivity contribution in [2.75, 3.05) is 25.5 Å². The van der Waals surface area contributed by atoms with E-state index in [0.29, 0.717) is 24.5 Å². The van der Waals surface area contributed by atoms with Crippen LogP contribution in [0.1, 0.15) is 19.0 Å². The van der Waals surface area contributed by atoms with Crippen molar-refractivity contribution in [3.05, 3.63) is 40.8 Å². The molecule has 0 fully saturated rings. The lowest BCUT2D eigenvalue weighted by Crippen LogP contribution is -2.33. The lowest BCUT2D eigenvalue weighted by atomic mass is 10.3. The predicted molar refractivity (Wildman–Crippen MR) is 89.3 cm³/mol. The van der Waals surface area contributed by atoms with E-state index >= 15 is 0 Å². The maximum Gasteiger partial charge on any atom is 0.238 e. The summed E-state index contributed by atoms with van der Waals surface area (Å²) in [7, 11) is 1.59. The molecule has 1 heterocycles. The van der Waals surface area contributed by atoms with E-state index in [1.54, 1.807) is 18.4 Å². The van der Waals surface area contributed by atoms with Crippen LogP contribution in [0.4, 0.5) is 5.69 Å². The van der Waals surface area contributed by atoms with E-state index in [1.165, 1.54) is 0 Å². The van der Waals surface area contributed by atoms with Crippen LogP contribution in [0.2, 0.25) is 0 Å². The Morgan fingerprint density at radius 1 is 1.41 bits per heavy atom. The van der Waals surface area contributed by atoms with Gasteiger partial charge in [0.15, 0.2) is 0 Å². The number of rotatable bonds is 8. The van der Waals surface area contributed by atoms with Crippen LogP contribution in [-0.4, -0.2) is 36.0 Å². The number of nitrogens with one attached hydrogen (secondary N) is 1. The smallest absolute Gasteiger partial charge is 0.238 e. The zero-order valence-corrected chi connectivity index (χ0v) is 13.7. The summed E-state index contributed by atoms with van der Waals surface area (Å²) < 4.78 is 5.25. The van der Waals surface area contributed by atoms with E-state index in [0.717, 1.165) is 18.7 Å². The highest BCUT2D eigenvalue weighted by atomic mass is 32.1. The van der Waals surface area contributed by atoms with Gasteiger partial charge in [-0.1, -0.05) is 19.1 Å². The van der Waals surface area contributed by atoms with Gasteiger partial charge in [-0.25, -0.2) is 4.98 Å². The lowest BCUT2D eigenvalue weighted by Gasteiger charge is -2.20. The number of nitrogens with zero attached hydrogens (tertiary/aromatic N) is 2. The van der Waals surface area contributed by atoms with Crippen LogP contribution in [0.15, 0.2) is 35.2 Å². The third-order valence-corrected chi connectivity index (χ3v) is 3.79. The van der Waals surface area contributed by atoms with Gasteiger partial charge in [0.2, 0.25) is 5.91 Å². The number of carbonyl (C=O) groups excluding carboxylic acids is 1. The second kappa shape index (κ2) is 8.51. The highest BCUT2D eigenvalue weighted by Gasteiger charge is 2.13. The Kier molecular flexibility index (Phi) is 6.36. The second-order valence-electron chi connectivity index (χ2n) is 4.94. The van der Waals surface area contributed by atoms with E-state index in [1.807, 2.05) is 35.2 Å². The van der Waals surface area contributed by atoms with Gasteiger partial charge in [0.05, 0.1) is 30.5 Å². The zero-order valence-electron chi connectivity index (χ0n) is 12.9. The maximum absolute atomic E-state index is 12.3. The highest BCUT2D eigenvalue weighted by Crippen LogP contribution is 2.22. The number of methoxy groups -OCH3 is 1. The van der Waals surface area contributed by atoms with Gasteiger partial charge >= 0.3 is 0 Å². The van der Waals surface area contributed by atoms with Crippen LogP contribution in [0.5, 0.6) is 5.75 Å². The molecule has 1 aromatic heterocycles. The molecule has 22 heavy (non-hydrogen) atoms. The average molecular weight is 319 g/mol. The van der Waals surface area contributed by atoms with Gasteiger partial charge in [-0.2, -0.15) is 0 Å². The van der Waals surface area contributed by atoms with Crippen molar-refractivity contribution in [1.29, 1.82) is 0 Å². The number of anilines is 1. The first-order chi connectivity index (χ1) is 10.7. The van der Waals surface area contributed by atoms with Crippen molar-refractivity contribution >= 4 is 22.9 Å². The van der Waals surface area contributed by atoms with Crippen molar-refractivity contribution in [3.8, 4) is 5.75 Å². The molecule has 1 amide bonds. The first kappa shape index (κ1) is 16.5. The first-order valence-corrected chi connectivity index (χ1v) is 8.19. The van der Waals surface area contributed by atoms with E-state index < -0.39 is 0 Å². The second-order valence-corrected chi connectivity index (χ2v) is 5.66. The zero-order chi connectivity index (χ0) is 15.8. The number of carbonyl (C=O) groups is 1. The summed E-state index contributed by atoms with van der Waals surface area (Å²) in [6.07, 6.45) is 0.992. The minimum Gasteiger partial charge on any atom is -0.495 e. The SMILES string of the molecule is CCCN(CC(=O)Nc1ccccc1OC)Cc1cscn1. The summed E-state index contributed by atoms with van der Waals surface area (Å²) in [6, 6.07) is 7.41. The monoisotopic (exact) mass is 319 g/mol. The van der Waals surface area contributed by atoms with Crippen LogP contribution in [0.25, 0.3) is 0 Å². The fourth-order valence-corrected chi connectivity index (χ4v) is 2.77. The first-order valence-electron chi connectivity index (χ1n) is 7.25. The Bertz CT molecular complexity index is 587. The summed E-state index contributed by atoms with van der Waals surface area (Å²) in [5, 5.41) is 4.92. The van der Waals surface area contributed by atoms with Gasteiger partial charge in [0.1, 0.15) is 5.75 Å². The van der Waals surface area contributed by atoms with E-state index in [9.17, 15) is 4.79 Å². The predicted octanol–water partition coefficient (Wildman–Crippen LogP) is 3.00. The Morgan fingerprint density at radius 3 is 2.91 bits per heavy atom. The molecule has 0 saturated heterocycles. The molecule has 2 rings (SSSR count). The molecule has 0 aliphatic carbocycles. The van der Waals surface area contributed by atoms with Gasteiger partial charge < -0.3 is 10.1 Å². The molecule has 0 spiro atoms. The number of hydrogen-bond acceptors (Lipinski definition) is 5. The molecule has 0 aliphatic heterocycles. The molecule has 0 bridgehead atoms. The van der Waals surface area contributed by atoms with Gasteiger partial charge in [-0.3, -0.25) is 9.69 Å². The Hall–Kier alpha value is -1.92. The Balaban J connectivity index is 1.95. The topological polar surface area (TPSA) is 54.5 Å². The van der Waals surface area contributed by atoms with Crippen molar-refractivity contribution in [1.82, 2.24) is 9.88 Å². The largest absolute Gasteiger partial charge is 0.495 e. The van der Waals surface area contributed by atoms with Crippen LogP contribution in [0.3, 0.4) is 0 Å². The molecule has 0 aliphatic rings. The van der Waals surface area contributed by atoms with Gasteiger partial charge in [0, 0.05) is 11.9 Å². The Morgan fingerprint density at radius 2 is 2.23 bits per heavy atom. The number of benzene rings is 1. The summed E-state index contributed by atoms with van der Waals surface area (Å²) in [5.74, 6) is 0.616. The molecule has 0 radical (unpaired) electrons. The number of para-hydroxylation sites is 2. The highest BCUT2D eigenvalue weighted by molar-refractivity contribution is 7.07. The van der Waals surface area contributed by atoms with E-state index in [-0.39, 0.29) is 5.91 Å². The molecule has 118 valence electrons. The summed E-state index contributed by atoms with van der Waals surface area (Å²) in [6.45, 7) is 3.99. The molecule has 0 atom stereocenters. The molecule has 5 nitrogen and oxygen atoms in total. The molecule has 0 saturated carbocycles. The van der Waals surface area contributed by atoms with E-state index in [2.05, 4.69) is 22.1 Å². The quantitative estimate of drug-likeness (QED) is 0.812. The summed E-state index contributed by atoms with van der Waals surface area (Å²) in [5.41, 5.74) is 3.51. The van der Waals surface area contributed by atoms with Gasteiger partial charge in [-0.05, 0) is 25.1 Å². The van der Waals surface area contributed by atoms with Crippen molar-refractivity contribution in [2.24, 2.45) is 0 Å². The van der Waals surface area contributed by atoms with Crippen molar-refractivity contribution < 1.29 is 9.53 Å². The molecule has 6 heteroatoms. The van der Waals surface area contributed by atoms with E-state index in [4.69, 9.17) is 4.74 Å². The number of hydrogen-bond donors (Lipinski definition) is 1. The summed E-state index contributed by atoms with van der Waals surface area (Å²) in [4.78, 5) is 18.6. The van der Waals surface area contributed by atoms with Crippen molar-refractivity contribution in [3.63, 3.8) is 0 Å². The maximum atomic E-state index is 12.3. The minimum atomic E-state index is -0.0480. The average Bonchev–Trinajstić information content (AvgIpc) is 3.01. The standard InChI is InChI=1S/C16H21N3O2S/c1-3-8-19(9-13-11-22-12-17-13)10-16(20)18-14-6-4-5-7-15(14)21-2/h4-7,11-12H,3,8-10H2,1-2H3,(H,18,20). The molecule has 2 aromatic rings. The van der Waals surface area contributed by atoms with Crippen LogP contribution >= 0.6 is 11.3 Å². The third-order valence-electron chi connectivity index (χ3n) is 3.16. The van der Waals surface area contributed by atoms with Crippen LogP contribution in [0, 0.1) is 0 Å². The minimum absolute atomic E-state index is 0.0480. The normalized spacial score (nSPS) is 10.7. The Labute approximate surface area is 134 Å². The number of thiazole rings is 1. The number of aromatic nitrogens is 1. The summed E-state index contributed by atoms with van der Waals surface area (Å²) >= 11 is 1.57. The fraction of sp³-hybridized carbons (Fsp3) is 0.375. The fourth-order valence-electron chi connectivity index (χ4n) is 2.22. The van der Waals surface area contributed by atoms with Crippen molar-refractivity contribution in [2.45, 2.75) is 19.9 Å². The molecular weight excluding hydrogens is 298 g/mol. The van der Waals surface area contributed by atoms with Gasteiger partial charge in [0.25, 0.3) is 0 Å². The van der Waals surface area contributed by atoms with Gasteiger partial charge in [-0.15, -0.1) is 11.3 Å². The number of amides is 1.